The smallest absolute Gasteiger partial charge is 0.420 e. The summed E-state index contributed by atoms with van der Waals surface area (Å²) in [6.07, 6.45) is -0.585. The Morgan fingerprint density at radius 2 is 1.23 bits per heavy atom. The molecule has 0 fully saturated rings. The van der Waals surface area contributed by atoms with E-state index in [9.17, 15) is 22.8 Å². The zero-order chi connectivity index (χ0) is 25.4. The first-order valence-electron chi connectivity index (χ1n) is 10.1. The van der Waals surface area contributed by atoms with E-state index in [2.05, 4.69) is 17.9 Å². The fourth-order valence-electron chi connectivity index (χ4n) is 3.00. The van der Waals surface area contributed by atoms with Gasteiger partial charge in [0, 0.05) is 12.2 Å². The van der Waals surface area contributed by atoms with Crippen LogP contribution in [0.25, 0.3) is 22.3 Å². The van der Waals surface area contributed by atoms with E-state index < -0.39 is 29.4 Å². The predicted octanol–water partition coefficient (Wildman–Crippen LogP) is 6.71. The summed E-state index contributed by atoms with van der Waals surface area (Å²) in [6, 6.07) is 17.5. The fraction of sp³-hybridized carbons (Fsp3) is 0.0370. The van der Waals surface area contributed by atoms with E-state index in [1.807, 2.05) is 0 Å². The Balaban J connectivity index is 1.76. The van der Waals surface area contributed by atoms with Gasteiger partial charge in [0.25, 0.3) is 0 Å². The summed E-state index contributed by atoms with van der Waals surface area (Å²) in [5.41, 5.74) is 1.50. The molecule has 0 aliphatic heterocycles. The third-order valence-corrected chi connectivity index (χ3v) is 4.68. The molecule has 0 heterocycles. The number of hydrogen-bond donors (Lipinski definition) is 0. The minimum Gasteiger partial charge on any atom is -0.462 e. The molecule has 0 aliphatic carbocycles. The largest absolute Gasteiger partial charge is 0.462 e. The lowest BCUT2D eigenvalue weighted by Gasteiger charge is -2.14. The first-order valence-corrected chi connectivity index (χ1v) is 10.1. The van der Waals surface area contributed by atoms with Crippen molar-refractivity contribution >= 4 is 11.9 Å². The number of alkyl halides is 3. The maximum absolute atomic E-state index is 13.5. The lowest BCUT2D eigenvalue weighted by atomic mass is 9.98. The number of esters is 2. The Kier molecular flexibility index (Phi) is 7.88. The van der Waals surface area contributed by atoms with Crippen LogP contribution in [0.1, 0.15) is 5.56 Å². The second-order valence-corrected chi connectivity index (χ2v) is 6.97. The van der Waals surface area contributed by atoms with Crippen molar-refractivity contribution < 1.29 is 37.0 Å². The van der Waals surface area contributed by atoms with Crippen LogP contribution >= 0.6 is 0 Å². The van der Waals surface area contributed by atoms with Crippen LogP contribution in [0.2, 0.25) is 0 Å². The van der Waals surface area contributed by atoms with Crippen molar-refractivity contribution in [2.24, 2.45) is 0 Å². The van der Waals surface area contributed by atoms with E-state index in [1.165, 1.54) is 12.3 Å². The minimum atomic E-state index is -4.71. The summed E-state index contributed by atoms with van der Waals surface area (Å²) < 4.78 is 55.2. The molecule has 0 spiro atoms. The summed E-state index contributed by atoms with van der Waals surface area (Å²) in [6.45, 7) is 6.47. The molecule has 0 radical (unpaired) electrons. The molecule has 3 aromatic rings. The molecule has 35 heavy (non-hydrogen) atoms. The van der Waals surface area contributed by atoms with E-state index in [0.29, 0.717) is 16.9 Å². The third-order valence-electron chi connectivity index (χ3n) is 4.68. The normalized spacial score (nSPS) is 11.1. The molecule has 8 heteroatoms. The van der Waals surface area contributed by atoms with Crippen LogP contribution in [0.5, 0.6) is 11.5 Å². The van der Waals surface area contributed by atoms with Gasteiger partial charge < -0.3 is 14.2 Å². The molecular formula is C27H19F3O5. The van der Waals surface area contributed by atoms with E-state index in [-0.39, 0.29) is 0 Å². The molecule has 0 amide bonds. The van der Waals surface area contributed by atoms with Gasteiger partial charge in [-0.05, 0) is 46.5 Å². The van der Waals surface area contributed by atoms with E-state index in [1.54, 1.807) is 48.5 Å². The second kappa shape index (κ2) is 11.0. The lowest BCUT2D eigenvalue weighted by molar-refractivity contribution is -0.141. The number of halogens is 3. The highest BCUT2D eigenvalue weighted by molar-refractivity contribution is 5.84. The number of ether oxygens (including phenoxy) is 3. The second-order valence-electron chi connectivity index (χ2n) is 6.97. The average molecular weight is 480 g/mol. The molecule has 0 unspecified atom stereocenters. The van der Waals surface area contributed by atoms with Crippen molar-refractivity contribution in [3.63, 3.8) is 0 Å². The van der Waals surface area contributed by atoms with Gasteiger partial charge in [0.1, 0.15) is 24.0 Å². The SMILES string of the molecule is C=CC(=O)OC=COc1ccc(-c2ccc(-c3ccc(OC(=O)C=C)c(C(F)(F)F)c3)cc2)cc1. The summed E-state index contributed by atoms with van der Waals surface area (Å²) in [5, 5.41) is 0. The zero-order valence-electron chi connectivity index (χ0n) is 18.2. The molecule has 178 valence electrons. The highest BCUT2D eigenvalue weighted by atomic mass is 19.4. The summed E-state index contributed by atoms with van der Waals surface area (Å²) >= 11 is 0. The number of carbonyl (C=O) groups excluding carboxylic acids is 2. The predicted molar refractivity (Wildman–Crippen MR) is 124 cm³/mol. The average Bonchev–Trinajstić information content (AvgIpc) is 2.86. The molecule has 0 aromatic heterocycles. The number of benzene rings is 3. The summed E-state index contributed by atoms with van der Waals surface area (Å²) in [5.74, 6) is -1.66. The van der Waals surface area contributed by atoms with Crippen molar-refractivity contribution in [1.29, 1.82) is 0 Å². The van der Waals surface area contributed by atoms with Crippen LogP contribution in [0.4, 0.5) is 13.2 Å². The Morgan fingerprint density at radius 1 is 0.714 bits per heavy atom. The third kappa shape index (κ3) is 6.70. The molecule has 0 bridgehead atoms. The van der Waals surface area contributed by atoms with E-state index >= 15 is 0 Å². The Labute approximate surface area is 199 Å². The molecular weight excluding hydrogens is 461 g/mol. The topological polar surface area (TPSA) is 61.8 Å². The standard InChI is InChI=1S/C27H19F3O5/c1-3-25(31)34-16-15-33-22-12-9-19(10-13-22)18-5-7-20(8-6-18)21-11-14-24(35-26(32)4-2)23(17-21)27(28,29)30/h3-17H,1-2H2. The summed E-state index contributed by atoms with van der Waals surface area (Å²) in [4.78, 5) is 22.3. The fourth-order valence-corrected chi connectivity index (χ4v) is 3.00. The van der Waals surface area contributed by atoms with Crippen LogP contribution in [0, 0.1) is 0 Å². The van der Waals surface area contributed by atoms with Crippen LogP contribution in [-0.2, 0) is 20.5 Å². The van der Waals surface area contributed by atoms with Gasteiger partial charge in [0.15, 0.2) is 0 Å². The van der Waals surface area contributed by atoms with Gasteiger partial charge in [0.2, 0.25) is 0 Å². The van der Waals surface area contributed by atoms with Gasteiger partial charge in [-0.1, -0.05) is 55.6 Å². The molecule has 3 rings (SSSR count). The van der Waals surface area contributed by atoms with Crippen molar-refractivity contribution in [3.8, 4) is 33.8 Å². The van der Waals surface area contributed by atoms with Gasteiger partial charge in [-0.2, -0.15) is 13.2 Å². The molecule has 0 N–H and O–H groups in total. The molecule has 0 atom stereocenters. The molecule has 0 aliphatic rings. The van der Waals surface area contributed by atoms with Crippen LogP contribution in [0.3, 0.4) is 0 Å². The van der Waals surface area contributed by atoms with Gasteiger partial charge in [0.05, 0.1) is 5.56 Å². The van der Waals surface area contributed by atoms with Gasteiger partial charge in [-0.3, -0.25) is 0 Å². The zero-order valence-corrected chi connectivity index (χ0v) is 18.2. The lowest BCUT2D eigenvalue weighted by Crippen LogP contribution is -2.12. The quantitative estimate of drug-likeness (QED) is 0.155. The highest BCUT2D eigenvalue weighted by Crippen LogP contribution is 2.39. The Morgan fingerprint density at radius 3 is 1.77 bits per heavy atom. The van der Waals surface area contributed by atoms with E-state index in [0.717, 1.165) is 41.7 Å². The molecule has 0 saturated heterocycles. The highest BCUT2D eigenvalue weighted by Gasteiger charge is 2.35. The van der Waals surface area contributed by atoms with E-state index in [4.69, 9.17) is 9.47 Å². The molecule has 5 nitrogen and oxygen atoms in total. The number of carbonyl (C=O) groups is 2. The summed E-state index contributed by atoms with van der Waals surface area (Å²) in [7, 11) is 0. The Hall–Kier alpha value is -4.59. The van der Waals surface area contributed by atoms with Gasteiger partial charge in [-0.15, -0.1) is 0 Å². The monoisotopic (exact) mass is 480 g/mol. The van der Waals surface area contributed by atoms with Gasteiger partial charge >= 0.3 is 18.1 Å². The minimum absolute atomic E-state index is 0.315. The maximum Gasteiger partial charge on any atom is 0.420 e. The maximum atomic E-state index is 13.5. The van der Waals surface area contributed by atoms with Crippen LogP contribution in [-0.4, -0.2) is 11.9 Å². The number of rotatable bonds is 8. The van der Waals surface area contributed by atoms with Crippen molar-refractivity contribution in [1.82, 2.24) is 0 Å². The van der Waals surface area contributed by atoms with Crippen LogP contribution < -0.4 is 9.47 Å². The van der Waals surface area contributed by atoms with Crippen molar-refractivity contribution in [2.45, 2.75) is 6.18 Å². The van der Waals surface area contributed by atoms with Crippen molar-refractivity contribution in [2.75, 3.05) is 0 Å². The van der Waals surface area contributed by atoms with Gasteiger partial charge in [-0.25, -0.2) is 9.59 Å². The first kappa shape index (κ1) is 25.0. The molecule has 0 saturated carbocycles. The van der Waals surface area contributed by atoms with Crippen LogP contribution in [0.15, 0.2) is 105 Å². The first-order chi connectivity index (χ1) is 16.7. The van der Waals surface area contributed by atoms with Crippen molar-refractivity contribution in [3.05, 3.63) is 110 Å². The number of hydrogen-bond acceptors (Lipinski definition) is 5. The Bertz CT molecular complexity index is 1260. The molecule has 3 aromatic carbocycles.